The van der Waals surface area contributed by atoms with E-state index in [1.165, 1.54) is 5.57 Å². The maximum atomic E-state index is 12.6. The molecular weight excluding hydrogens is 366 g/mol. The lowest BCUT2D eigenvalue weighted by Gasteiger charge is -2.51. The Labute approximate surface area is 173 Å². The van der Waals surface area contributed by atoms with Gasteiger partial charge < -0.3 is 19.9 Å². The molecule has 3 aliphatic rings. The van der Waals surface area contributed by atoms with Crippen molar-refractivity contribution in [2.75, 3.05) is 20.2 Å². The molecule has 4 rings (SSSR count). The number of para-hydroxylation sites is 1. The maximum absolute atomic E-state index is 12.6. The molecule has 0 aromatic heterocycles. The normalized spacial score (nSPS) is 36.1. The lowest BCUT2D eigenvalue weighted by Crippen LogP contribution is -2.54. The van der Waals surface area contributed by atoms with Crippen molar-refractivity contribution in [1.29, 1.82) is 0 Å². The van der Waals surface area contributed by atoms with E-state index < -0.39 is 6.10 Å². The predicted molar refractivity (Wildman–Crippen MR) is 112 cm³/mol. The number of esters is 1. The molecule has 1 aliphatic heterocycles. The Hall–Kier alpha value is -1.85. The molecular formula is C24H33NO4. The summed E-state index contributed by atoms with van der Waals surface area (Å²) in [6.45, 7) is 5.69. The van der Waals surface area contributed by atoms with Crippen molar-refractivity contribution in [1.82, 2.24) is 5.32 Å². The van der Waals surface area contributed by atoms with Gasteiger partial charge in [-0.15, -0.1) is 0 Å². The first-order chi connectivity index (χ1) is 14.0. The molecule has 0 bridgehead atoms. The molecule has 0 unspecified atom stereocenters. The highest BCUT2D eigenvalue weighted by Gasteiger charge is 2.59. The van der Waals surface area contributed by atoms with Crippen LogP contribution in [0.2, 0.25) is 0 Å². The third kappa shape index (κ3) is 3.49. The highest BCUT2D eigenvalue weighted by atomic mass is 16.6. The lowest BCUT2D eigenvalue weighted by molar-refractivity contribution is -0.144. The Balaban J connectivity index is 1.41. The van der Waals surface area contributed by atoms with Crippen molar-refractivity contribution in [2.45, 2.75) is 51.7 Å². The maximum Gasteiger partial charge on any atom is 0.311 e. The molecule has 2 fully saturated rings. The fraction of sp³-hybridized carbons (Fsp3) is 0.625. The average molecular weight is 400 g/mol. The van der Waals surface area contributed by atoms with Crippen molar-refractivity contribution in [3.63, 3.8) is 0 Å². The average Bonchev–Trinajstić information content (AvgIpc) is 3.03. The molecule has 2 aliphatic carbocycles. The van der Waals surface area contributed by atoms with E-state index in [9.17, 15) is 9.90 Å². The molecule has 5 heteroatoms. The summed E-state index contributed by atoms with van der Waals surface area (Å²) >= 11 is 0. The minimum absolute atomic E-state index is 0.135. The second kappa shape index (κ2) is 8.11. The van der Waals surface area contributed by atoms with Gasteiger partial charge in [0.25, 0.3) is 0 Å². The van der Waals surface area contributed by atoms with Crippen LogP contribution < -0.4 is 10.1 Å². The van der Waals surface area contributed by atoms with Crippen LogP contribution in [0.5, 0.6) is 5.75 Å². The van der Waals surface area contributed by atoms with Crippen molar-refractivity contribution in [3.8, 4) is 5.75 Å². The Bertz CT molecular complexity index is 791. The zero-order chi connectivity index (χ0) is 20.6. The third-order valence-corrected chi connectivity index (χ3v) is 7.70. The van der Waals surface area contributed by atoms with E-state index in [0.29, 0.717) is 12.5 Å². The molecule has 1 aromatic rings. The van der Waals surface area contributed by atoms with Crippen molar-refractivity contribution < 1.29 is 19.4 Å². The van der Waals surface area contributed by atoms with Crippen LogP contribution >= 0.6 is 0 Å². The molecule has 29 heavy (non-hydrogen) atoms. The van der Waals surface area contributed by atoms with Gasteiger partial charge in [0.05, 0.1) is 19.1 Å². The van der Waals surface area contributed by atoms with Gasteiger partial charge in [0.1, 0.15) is 11.9 Å². The summed E-state index contributed by atoms with van der Waals surface area (Å²) in [5, 5.41) is 14.8. The molecule has 1 aromatic carbocycles. The van der Waals surface area contributed by atoms with Gasteiger partial charge in [-0.25, -0.2) is 0 Å². The molecule has 0 spiro atoms. The standard InChI is InChI=1S/C24H33NO4/c1-15-7-6-9-17-13-20-21(22(26)24(15,17)2)18(23(27)29-20)14-25-12-11-16-8-4-5-10-19(16)28-3/h4-5,8-10,15,18,20-22,25-26H,6-7,11-14H2,1-3H3/t15-,18-,20+,21+,22+,24+/m0/s1. The molecule has 0 radical (unpaired) electrons. The SMILES string of the molecule is COc1ccccc1CCNC[C@@H]1C(=O)O[C@@H]2CC3=CCC[C@H](C)[C@@]3(C)[C@H](O)[C@H]12. The quantitative estimate of drug-likeness (QED) is 0.437. The summed E-state index contributed by atoms with van der Waals surface area (Å²) in [5.41, 5.74) is 2.18. The Morgan fingerprint density at radius 2 is 2.14 bits per heavy atom. The largest absolute Gasteiger partial charge is 0.496 e. The minimum Gasteiger partial charge on any atom is -0.496 e. The van der Waals surface area contributed by atoms with Gasteiger partial charge in [0, 0.05) is 24.3 Å². The number of methoxy groups -OCH3 is 1. The van der Waals surface area contributed by atoms with Gasteiger partial charge in [0.15, 0.2) is 0 Å². The summed E-state index contributed by atoms with van der Waals surface area (Å²) in [5.74, 6) is 0.702. The smallest absolute Gasteiger partial charge is 0.311 e. The first-order valence-corrected chi connectivity index (χ1v) is 10.9. The number of benzene rings is 1. The number of carbonyl (C=O) groups excluding carboxylic acids is 1. The minimum atomic E-state index is -0.546. The van der Waals surface area contributed by atoms with E-state index in [-0.39, 0.29) is 29.3 Å². The van der Waals surface area contributed by atoms with E-state index in [1.807, 2.05) is 18.2 Å². The Morgan fingerprint density at radius 3 is 2.93 bits per heavy atom. The Kier molecular flexibility index (Phi) is 5.71. The molecule has 5 nitrogen and oxygen atoms in total. The number of ether oxygens (including phenoxy) is 2. The number of hydrogen-bond acceptors (Lipinski definition) is 5. The van der Waals surface area contributed by atoms with Crippen LogP contribution in [0.25, 0.3) is 0 Å². The van der Waals surface area contributed by atoms with Gasteiger partial charge in [-0.3, -0.25) is 4.79 Å². The molecule has 1 saturated heterocycles. The summed E-state index contributed by atoms with van der Waals surface area (Å²) < 4.78 is 11.1. The molecule has 1 heterocycles. The van der Waals surface area contributed by atoms with Crippen LogP contribution in [-0.2, 0) is 16.0 Å². The molecule has 6 atom stereocenters. The lowest BCUT2D eigenvalue weighted by atomic mass is 9.55. The zero-order valence-electron chi connectivity index (χ0n) is 17.7. The van der Waals surface area contributed by atoms with Crippen molar-refractivity contribution in [3.05, 3.63) is 41.5 Å². The fourth-order valence-electron chi connectivity index (χ4n) is 5.69. The summed E-state index contributed by atoms with van der Waals surface area (Å²) in [6.07, 6.45) is 5.27. The molecule has 0 amide bonds. The van der Waals surface area contributed by atoms with Crippen molar-refractivity contribution in [2.24, 2.45) is 23.2 Å². The van der Waals surface area contributed by atoms with E-state index in [0.717, 1.165) is 43.5 Å². The summed E-state index contributed by atoms with van der Waals surface area (Å²) in [6, 6.07) is 7.99. The number of aliphatic hydroxyl groups excluding tert-OH is 1. The van der Waals surface area contributed by atoms with Crippen LogP contribution in [-0.4, -0.2) is 43.5 Å². The van der Waals surface area contributed by atoms with Gasteiger partial charge in [-0.2, -0.15) is 0 Å². The van der Waals surface area contributed by atoms with E-state index in [1.54, 1.807) is 7.11 Å². The van der Waals surface area contributed by atoms with Crippen LogP contribution in [0.1, 0.15) is 38.7 Å². The molecule has 2 N–H and O–H groups in total. The predicted octanol–water partition coefficient (Wildman–Crippen LogP) is 3.11. The number of rotatable bonds is 6. The number of aliphatic hydroxyl groups is 1. The molecule has 1 saturated carbocycles. The first kappa shape index (κ1) is 20.4. The number of nitrogens with one attached hydrogen (secondary N) is 1. The number of carbonyl (C=O) groups is 1. The third-order valence-electron chi connectivity index (χ3n) is 7.70. The number of allylic oxidation sites excluding steroid dienone is 1. The van der Waals surface area contributed by atoms with Crippen LogP contribution in [0, 0.1) is 23.2 Å². The topological polar surface area (TPSA) is 67.8 Å². The van der Waals surface area contributed by atoms with E-state index in [2.05, 4.69) is 31.3 Å². The summed E-state index contributed by atoms with van der Waals surface area (Å²) in [7, 11) is 1.68. The number of fused-ring (bicyclic) bond motifs is 2. The van der Waals surface area contributed by atoms with Crippen LogP contribution in [0.3, 0.4) is 0 Å². The second-order valence-corrected chi connectivity index (χ2v) is 9.06. The Morgan fingerprint density at radius 1 is 1.34 bits per heavy atom. The number of hydrogen-bond donors (Lipinski definition) is 2. The van der Waals surface area contributed by atoms with Crippen LogP contribution in [0.15, 0.2) is 35.9 Å². The van der Waals surface area contributed by atoms with Crippen molar-refractivity contribution >= 4 is 5.97 Å². The van der Waals surface area contributed by atoms with E-state index >= 15 is 0 Å². The highest BCUT2D eigenvalue weighted by Crippen LogP contribution is 2.55. The zero-order valence-corrected chi connectivity index (χ0v) is 17.7. The van der Waals surface area contributed by atoms with Gasteiger partial charge in [-0.1, -0.05) is 43.7 Å². The van der Waals surface area contributed by atoms with Crippen LogP contribution in [0.4, 0.5) is 0 Å². The highest BCUT2D eigenvalue weighted by molar-refractivity contribution is 5.76. The fourth-order valence-corrected chi connectivity index (χ4v) is 5.69. The molecule has 158 valence electrons. The first-order valence-electron chi connectivity index (χ1n) is 10.9. The van der Waals surface area contributed by atoms with Gasteiger partial charge >= 0.3 is 5.97 Å². The van der Waals surface area contributed by atoms with Gasteiger partial charge in [0.2, 0.25) is 0 Å². The van der Waals surface area contributed by atoms with E-state index in [4.69, 9.17) is 9.47 Å². The monoisotopic (exact) mass is 399 g/mol. The van der Waals surface area contributed by atoms with Gasteiger partial charge in [-0.05, 0) is 43.4 Å². The second-order valence-electron chi connectivity index (χ2n) is 9.06. The summed E-state index contributed by atoms with van der Waals surface area (Å²) in [4.78, 5) is 12.6.